The van der Waals surface area contributed by atoms with Crippen LogP contribution in [0.1, 0.15) is 81.0 Å². The number of carbonyl (C=O) groups is 2. The Morgan fingerprint density at radius 2 is 1.77 bits per heavy atom. The van der Waals surface area contributed by atoms with Crippen molar-refractivity contribution in [3.63, 3.8) is 0 Å². The Kier molecular flexibility index (Phi) is 7.88. The van der Waals surface area contributed by atoms with E-state index in [2.05, 4.69) is 32.1 Å². The molecule has 2 aromatic rings. The van der Waals surface area contributed by atoms with Gasteiger partial charge in [0, 0.05) is 38.8 Å². The zero-order valence-electron chi connectivity index (χ0n) is 27.4. The third-order valence-corrected chi connectivity index (χ3v) is 14.3. The second-order valence-corrected chi connectivity index (χ2v) is 16.3. The molecule has 2 N–H and O–H groups in total. The van der Waals surface area contributed by atoms with E-state index in [9.17, 15) is 28.6 Å². The van der Waals surface area contributed by atoms with E-state index < -0.39 is 45.7 Å². The van der Waals surface area contributed by atoms with E-state index in [0.29, 0.717) is 44.2 Å². The first-order valence-corrected chi connectivity index (χ1v) is 18.0. The number of aliphatic hydroxyl groups is 2. The molecule has 0 saturated heterocycles. The predicted molar refractivity (Wildman–Crippen MR) is 176 cm³/mol. The molecular weight excluding hydrogens is 620 g/mol. The molecule has 9 heteroatoms. The Labute approximate surface area is 279 Å². The average Bonchev–Trinajstić information content (AvgIpc) is 3.66. The molecule has 252 valence electrons. The molecule has 3 saturated carbocycles. The second-order valence-electron chi connectivity index (χ2n) is 15.2. The summed E-state index contributed by atoms with van der Waals surface area (Å²) in [5.74, 6) is -2.48. The molecule has 0 aliphatic heterocycles. The van der Waals surface area contributed by atoms with Crippen LogP contribution in [0.2, 0.25) is 0 Å². The molecule has 1 aromatic heterocycles. The summed E-state index contributed by atoms with van der Waals surface area (Å²) in [5, 5.41) is 25.6. The van der Waals surface area contributed by atoms with E-state index in [0.717, 1.165) is 36.3 Å². The number of ketones is 1. The monoisotopic (exact) mass is 665 g/mol. The Balaban J connectivity index is 1.30. The van der Waals surface area contributed by atoms with E-state index in [1.807, 2.05) is 17.5 Å². The highest BCUT2D eigenvalue weighted by molar-refractivity contribution is 7.09. The number of benzene rings is 1. The number of thiophene rings is 1. The van der Waals surface area contributed by atoms with Crippen LogP contribution in [0, 0.1) is 45.1 Å². The Hall–Kier alpha value is -2.88. The van der Waals surface area contributed by atoms with Crippen LogP contribution >= 0.6 is 11.3 Å². The highest BCUT2D eigenvalue weighted by Crippen LogP contribution is 2.78. The number of halogens is 2. The van der Waals surface area contributed by atoms with Gasteiger partial charge in [-0.25, -0.2) is 13.6 Å². The number of fused-ring (bicyclic) bond motifs is 1. The van der Waals surface area contributed by atoms with E-state index in [1.54, 1.807) is 23.2 Å². The lowest BCUT2D eigenvalue weighted by Crippen LogP contribution is -2.67. The first kappa shape index (κ1) is 32.7. The molecule has 8 rings (SSSR count). The fraction of sp³-hybridized carbons (Fsp3) is 0.579. The first-order valence-electron chi connectivity index (χ1n) is 17.1. The SMILES string of the molecule is CCOC(=O)N(CCc1cccs1)C[C@]1(O)CC[C@H]2[C@]34C=C[C@@]5(C=C3C(=O)c3ccc(F)c(F)c3)CC(O)CC[C@]5(C)[C@H]4CC[C@@]21C. The van der Waals surface area contributed by atoms with Crippen LogP contribution in [0.3, 0.4) is 0 Å². The van der Waals surface area contributed by atoms with Crippen molar-refractivity contribution < 1.29 is 33.3 Å². The van der Waals surface area contributed by atoms with Crippen molar-refractivity contribution in [2.45, 2.75) is 83.8 Å². The topological polar surface area (TPSA) is 87.1 Å². The smallest absolute Gasteiger partial charge is 0.409 e. The molecule has 0 radical (unpaired) electrons. The molecule has 6 nitrogen and oxygen atoms in total. The molecule has 1 unspecified atom stereocenters. The van der Waals surface area contributed by atoms with Crippen LogP contribution in [0.25, 0.3) is 0 Å². The molecule has 1 amide bonds. The Morgan fingerprint density at radius 1 is 1.02 bits per heavy atom. The van der Waals surface area contributed by atoms with Crippen molar-refractivity contribution >= 4 is 23.2 Å². The number of Topliss-reactive ketones (excluding diaryl/α,β-unsaturated/α-hetero) is 1. The molecular formula is C38H45F2NO5S. The van der Waals surface area contributed by atoms with Crippen molar-refractivity contribution in [1.82, 2.24) is 4.90 Å². The number of allylic oxidation sites excluding steroid dienone is 4. The van der Waals surface area contributed by atoms with E-state index in [-0.39, 0.29) is 41.7 Å². The molecule has 1 heterocycles. The van der Waals surface area contributed by atoms with Gasteiger partial charge in [0.05, 0.1) is 24.9 Å². The van der Waals surface area contributed by atoms with Gasteiger partial charge in [0.25, 0.3) is 0 Å². The summed E-state index contributed by atoms with van der Waals surface area (Å²) in [7, 11) is 0. The average molecular weight is 666 g/mol. The van der Waals surface area contributed by atoms with Gasteiger partial charge in [-0.15, -0.1) is 11.3 Å². The Morgan fingerprint density at radius 3 is 2.49 bits per heavy atom. The summed E-state index contributed by atoms with van der Waals surface area (Å²) in [6, 6.07) is 7.36. The van der Waals surface area contributed by atoms with Crippen molar-refractivity contribution in [2.24, 2.45) is 33.5 Å². The van der Waals surface area contributed by atoms with E-state index in [4.69, 9.17) is 4.74 Å². The molecule has 6 aliphatic rings. The number of hydrogen-bond donors (Lipinski definition) is 2. The third-order valence-electron chi connectivity index (χ3n) is 13.3. The summed E-state index contributed by atoms with van der Waals surface area (Å²) in [4.78, 5) is 30.6. The second kappa shape index (κ2) is 11.3. The Bertz CT molecular complexity index is 1640. The van der Waals surface area contributed by atoms with Gasteiger partial charge in [-0.1, -0.05) is 38.1 Å². The minimum atomic E-state index is -1.24. The predicted octanol–water partition coefficient (Wildman–Crippen LogP) is 7.50. The molecule has 47 heavy (non-hydrogen) atoms. The summed E-state index contributed by atoms with van der Waals surface area (Å²) in [5.41, 5.74) is -2.73. The lowest BCUT2D eigenvalue weighted by Gasteiger charge is -2.71. The van der Waals surface area contributed by atoms with Gasteiger partial charge in [-0.05, 0) is 105 Å². The van der Waals surface area contributed by atoms with Gasteiger partial charge >= 0.3 is 6.09 Å². The fourth-order valence-electron chi connectivity index (χ4n) is 10.9. The molecule has 3 fully saturated rings. The van der Waals surface area contributed by atoms with Crippen LogP contribution in [-0.2, 0) is 11.2 Å². The van der Waals surface area contributed by atoms with Crippen LogP contribution in [-0.4, -0.2) is 58.4 Å². The summed E-state index contributed by atoms with van der Waals surface area (Å²) in [6.45, 7) is 6.97. The highest BCUT2D eigenvalue weighted by atomic mass is 32.1. The standard InChI is InChI=1S/C38H45F2NO5S/c1-4-46-33(44)41(18-12-26-6-5-19-47-26)23-37(45)15-11-31-35(37,3)14-10-30-34(2)13-9-25(42)21-36(34)16-17-38(30,31)27(22-36)32(43)24-7-8-28(39)29(40)20-24/h5-8,16-17,19-20,22,25,30-31,42,45H,4,9-15,18,21,23H2,1-3H3/t25?,30-,31-,34-,35+,36+,37-,38-/m1/s1. The van der Waals surface area contributed by atoms with Gasteiger partial charge in [-0.2, -0.15) is 0 Å². The number of carbonyl (C=O) groups excluding carboxylic acids is 2. The zero-order chi connectivity index (χ0) is 33.4. The van der Waals surface area contributed by atoms with Gasteiger partial charge in [0.15, 0.2) is 17.4 Å². The van der Waals surface area contributed by atoms with Gasteiger partial charge < -0.3 is 19.8 Å². The first-order chi connectivity index (χ1) is 22.3. The van der Waals surface area contributed by atoms with E-state index >= 15 is 0 Å². The van der Waals surface area contributed by atoms with Gasteiger partial charge in [-0.3, -0.25) is 4.79 Å². The normalized spacial score (nSPS) is 38.3. The largest absolute Gasteiger partial charge is 0.450 e. The quantitative estimate of drug-likeness (QED) is 0.225. The summed E-state index contributed by atoms with van der Waals surface area (Å²) < 4.78 is 34.0. The zero-order valence-corrected chi connectivity index (χ0v) is 28.3. The molecule has 1 aromatic carbocycles. The van der Waals surface area contributed by atoms with E-state index in [1.165, 1.54) is 6.07 Å². The minimum absolute atomic E-state index is 0.0576. The maximum absolute atomic E-state index is 14.6. The van der Waals surface area contributed by atoms with Crippen LogP contribution in [0.15, 0.2) is 59.5 Å². The number of ether oxygens (including phenoxy) is 1. The van der Waals surface area contributed by atoms with Crippen molar-refractivity contribution in [3.05, 3.63) is 81.6 Å². The third kappa shape index (κ3) is 4.66. The number of amides is 1. The molecule has 8 atom stereocenters. The van der Waals surface area contributed by atoms with Crippen LogP contribution in [0.5, 0.6) is 0 Å². The molecule has 2 bridgehead atoms. The van der Waals surface area contributed by atoms with Gasteiger partial charge in [0.1, 0.15) is 0 Å². The lowest BCUT2D eigenvalue weighted by molar-refractivity contribution is -0.175. The molecule has 6 aliphatic carbocycles. The minimum Gasteiger partial charge on any atom is -0.450 e. The number of hydrogen-bond acceptors (Lipinski definition) is 6. The van der Waals surface area contributed by atoms with Crippen molar-refractivity contribution in [2.75, 3.05) is 19.7 Å². The van der Waals surface area contributed by atoms with Crippen molar-refractivity contribution in [3.8, 4) is 0 Å². The summed E-state index contributed by atoms with van der Waals surface area (Å²) >= 11 is 1.63. The fourth-order valence-corrected chi connectivity index (χ4v) is 11.6. The van der Waals surface area contributed by atoms with Crippen LogP contribution in [0.4, 0.5) is 13.6 Å². The number of aliphatic hydroxyl groups excluding tert-OH is 1. The maximum atomic E-state index is 14.6. The number of rotatable bonds is 8. The van der Waals surface area contributed by atoms with Gasteiger partial charge in [0.2, 0.25) is 0 Å². The maximum Gasteiger partial charge on any atom is 0.409 e. The van der Waals surface area contributed by atoms with Crippen LogP contribution < -0.4 is 0 Å². The summed E-state index contributed by atoms with van der Waals surface area (Å²) in [6.07, 6.45) is 10.7. The number of nitrogens with zero attached hydrogens (tertiary/aromatic N) is 1. The highest BCUT2D eigenvalue weighted by Gasteiger charge is 2.74. The lowest BCUT2D eigenvalue weighted by atomic mass is 9.32. The molecule has 2 spiro atoms. The van der Waals surface area contributed by atoms with Crippen molar-refractivity contribution in [1.29, 1.82) is 0 Å².